The van der Waals surface area contributed by atoms with Gasteiger partial charge in [0.2, 0.25) is 0 Å². The average Bonchev–Trinajstić information content (AvgIpc) is 3.47. The quantitative estimate of drug-likeness (QED) is 0.398. The fraction of sp³-hybridized carbons (Fsp3) is 0.208. The number of nitrogens with one attached hydrogen (secondary N) is 1. The van der Waals surface area contributed by atoms with Crippen molar-refractivity contribution >= 4 is 38.3 Å². The molecule has 8 nitrogen and oxygen atoms in total. The second-order valence-corrected chi connectivity index (χ2v) is 10.00. The zero-order valence-corrected chi connectivity index (χ0v) is 18.9. The molecule has 0 radical (unpaired) electrons. The number of aromatic nitrogens is 3. The van der Waals surface area contributed by atoms with Crippen molar-refractivity contribution in [1.82, 2.24) is 14.5 Å². The number of nitrogens with zero attached hydrogens (tertiary/aromatic N) is 3. The molecule has 0 unspecified atom stereocenters. The number of nitrogens with two attached hydrogens (primary N) is 1. The maximum atomic E-state index is 13.5. The van der Waals surface area contributed by atoms with E-state index in [2.05, 4.69) is 14.7 Å². The summed E-state index contributed by atoms with van der Waals surface area (Å²) in [6.45, 7) is 0. The van der Waals surface area contributed by atoms with Gasteiger partial charge in [0.1, 0.15) is 23.6 Å². The lowest BCUT2D eigenvalue weighted by Crippen LogP contribution is -2.13. The summed E-state index contributed by atoms with van der Waals surface area (Å²) in [5, 5.41) is 0.497. The molecule has 174 valence electrons. The van der Waals surface area contributed by atoms with Crippen LogP contribution in [0.15, 0.2) is 66.0 Å². The summed E-state index contributed by atoms with van der Waals surface area (Å²) >= 11 is 0. The molecule has 0 bridgehead atoms. The molecular formula is C24H22FN5O3S. The van der Waals surface area contributed by atoms with Crippen LogP contribution in [-0.4, -0.2) is 28.7 Å². The van der Waals surface area contributed by atoms with E-state index >= 15 is 0 Å². The molecule has 4 aromatic rings. The molecule has 2 aromatic carbocycles. The van der Waals surface area contributed by atoms with Gasteiger partial charge < -0.3 is 10.3 Å². The van der Waals surface area contributed by atoms with Crippen molar-refractivity contribution in [3.8, 4) is 0 Å². The van der Waals surface area contributed by atoms with Gasteiger partial charge in [-0.15, -0.1) is 0 Å². The molecule has 0 amide bonds. The van der Waals surface area contributed by atoms with E-state index in [1.165, 1.54) is 30.6 Å². The molecule has 3 N–H and O–H groups in total. The number of halogens is 1. The summed E-state index contributed by atoms with van der Waals surface area (Å²) in [5.41, 5.74) is 7.63. The standard InChI is InChI=1S/C24H22FN5O3S/c25-16-8-10-19(11-9-16)34(32,33)29-17-5-3-4-15(12-17)22(31)20-13-30(18-6-1-2-7-18)24-21(20)23(26)27-14-28-24/h3-5,8-14,18,29H,1-2,6-7H2,(H2,26,27,28). The Labute approximate surface area is 195 Å². The number of benzene rings is 2. The Morgan fingerprint density at radius 3 is 2.56 bits per heavy atom. The molecule has 1 fully saturated rings. The topological polar surface area (TPSA) is 120 Å². The zero-order chi connectivity index (χ0) is 23.9. The van der Waals surface area contributed by atoms with Gasteiger partial charge in [-0.2, -0.15) is 0 Å². The van der Waals surface area contributed by atoms with Crippen molar-refractivity contribution in [1.29, 1.82) is 0 Å². The maximum absolute atomic E-state index is 13.5. The molecule has 34 heavy (non-hydrogen) atoms. The van der Waals surface area contributed by atoms with E-state index in [-0.39, 0.29) is 33.8 Å². The summed E-state index contributed by atoms with van der Waals surface area (Å²) in [6, 6.07) is 10.9. The van der Waals surface area contributed by atoms with Gasteiger partial charge >= 0.3 is 0 Å². The van der Waals surface area contributed by atoms with Gasteiger partial charge in [0.15, 0.2) is 5.78 Å². The van der Waals surface area contributed by atoms with Crippen molar-refractivity contribution in [2.24, 2.45) is 0 Å². The second kappa shape index (κ2) is 8.53. The van der Waals surface area contributed by atoms with Crippen molar-refractivity contribution in [3.05, 3.63) is 78.0 Å². The lowest BCUT2D eigenvalue weighted by molar-refractivity contribution is 0.104. The minimum atomic E-state index is -3.96. The first-order chi connectivity index (χ1) is 16.3. The predicted octanol–water partition coefficient (Wildman–Crippen LogP) is 4.30. The first-order valence-electron chi connectivity index (χ1n) is 10.9. The largest absolute Gasteiger partial charge is 0.383 e. The van der Waals surface area contributed by atoms with Crippen molar-refractivity contribution < 1.29 is 17.6 Å². The van der Waals surface area contributed by atoms with E-state index < -0.39 is 15.8 Å². The van der Waals surface area contributed by atoms with Crippen LogP contribution < -0.4 is 10.5 Å². The second-order valence-electron chi connectivity index (χ2n) is 8.32. The van der Waals surface area contributed by atoms with Crippen LogP contribution >= 0.6 is 0 Å². The Bertz CT molecular complexity index is 1490. The van der Waals surface area contributed by atoms with E-state index in [9.17, 15) is 17.6 Å². The SMILES string of the molecule is Nc1ncnc2c1c(C(=O)c1cccc(NS(=O)(=O)c3ccc(F)cc3)c1)cn2C1CCCC1. The Hall–Kier alpha value is -3.79. The van der Waals surface area contributed by atoms with Crippen LogP contribution in [0.2, 0.25) is 0 Å². The molecule has 10 heteroatoms. The summed E-state index contributed by atoms with van der Waals surface area (Å²) in [5.74, 6) is -0.629. The molecule has 2 heterocycles. The van der Waals surface area contributed by atoms with Crippen LogP contribution in [0.4, 0.5) is 15.9 Å². The number of ketones is 1. The van der Waals surface area contributed by atoms with Crippen molar-refractivity contribution in [3.63, 3.8) is 0 Å². The number of rotatable bonds is 6. The van der Waals surface area contributed by atoms with Gasteiger partial charge in [0, 0.05) is 23.5 Å². The maximum Gasteiger partial charge on any atom is 0.261 e. The van der Waals surface area contributed by atoms with E-state index in [0.717, 1.165) is 37.8 Å². The normalized spacial score (nSPS) is 14.5. The number of nitrogen functional groups attached to an aromatic ring is 1. The highest BCUT2D eigenvalue weighted by Gasteiger charge is 2.26. The number of hydrogen-bond acceptors (Lipinski definition) is 6. The van der Waals surface area contributed by atoms with Crippen LogP contribution in [0.25, 0.3) is 11.0 Å². The third-order valence-electron chi connectivity index (χ3n) is 6.10. The number of carbonyl (C=O) groups excluding carboxylic acids is 1. The number of hydrogen-bond donors (Lipinski definition) is 2. The molecule has 0 spiro atoms. The van der Waals surface area contributed by atoms with Crippen molar-refractivity contribution in [2.75, 3.05) is 10.5 Å². The van der Waals surface area contributed by atoms with Crippen LogP contribution in [0.3, 0.4) is 0 Å². The summed E-state index contributed by atoms with van der Waals surface area (Å²) in [6.07, 6.45) is 7.41. The fourth-order valence-electron chi connectivity index (χ4n) is 4.45. The molecule has 5 rings (SSSR count). The van der Waals surface area contributed by atoms with E-state index in [0.29, 0.717) is 16.6 Å². The first-order valence-corrected chi connectivity index (χ1v) is 12.4. The molecule has 0 saturated heterocycles. The smallest absolute Gasteiger partial charge is 0.261 e. The third kappa shape index (κ3) is 4.01. The molecule has 2 aromatic heterocycles. The first kappa shape index (κ1) is 22.0. The fourth-order valence-corrected chi connectivity index (χ4v) is 5.50. The van der Waals surface area contributed by atoms with Crippen LogP contribution in [-0.2, 0) is 10.0 Å². The van der Waals surface area contributed by atoms with Gasteiger partial charge in [-0.25, -0.2) is 22.8 Å². The molecule has 1 aliphatic rings. The zero-order valence-electron chi connectivity index (χ0n) is 18.1. The predicted molar refractivity (Wildman–Crippen MR) is 127 cm³/mol. The van der Waals surface area contributed by atoms with Crippen LogP contribution in [0.5, 0.6) is 0 Å². The van der Waals surface area contributed by atoms with Gasteiger partial charge in [-0.3, -0.25) is 9.52 Å². The lowest BCUT2D eigenvalue weighted by Gasteiger charge is -2.12. The summed E-state index contributed by atoms with van der Waals surface area (Å²) in [4.78, 5) is 21.9. The number of fused-ring (bicyclic) bond motifs is 1. The molecule has 0 atom stereocenters. The van der Waals surface area contributed by atoms with E-state index in [4.69, 9.17) is 5.73 Å². The Morgan fingerprint density at radius 2 is 1.82 bits per heavy atom. The molecule has 1 aliphatic carbocycles. The van der Waals surface area contributed by atoms with Crippen LogP contribution in [0.1, 0.15) is 47.6 Å². The Balaban J connectivity index is 1.50. The average molecular weight is 480 g/mol. The minimum absolute atomic E-state index is 0.0878. The number of anilines is 2. The van der Waals surface area contributed by atoms with Crippen molar-refractivity contribution in [2.45, 2.75) is 36.6 Å². The van der Waals surface area contributed by atoms with E-state index in [1.54, 1.807) is 18.3 Å². The lowest BCUT2D eigenvalue weighted by atomic mass is 10.0. The highest BCUT2D eigenvalue weighted by Crippen LogP contribution is 2.35. The van der Waals surface area contributed by atoms with Gasteiger partial charge in [0.05, 0.1) is 15.8 Å². The highest BCUT2D eigenvalue weighted by molar-refractivity contribution is 7.92. The Kier molecular flexibility index (Phi) is 5.52. The molecule has 1 saturated carbocycles. The number of sulfonamides is 1. The summed E-state index contributed by atoms with van der Waals surface area (Å²) in [7, 11) is -3.96. The molecule has 0 aliphatic heterocycles. The highest BCUT2D eigenvalue weighted by atomic mass is 32.2. The minimum Gasteiger partial charge on any atom is -0.383 e. The van der Waals surface area contributed by atoms with E-state index in [1.807, 2.05) is 4.57 Å². The third-order valence-corrected chi connectivity index (χ3v) is 7.50. The van der Waals surface area contributed by atoms with Gasteiger partial charge in [-0.1, -0.05) is 25.0 Å². The number of carbonyl (C=O) groups is 1. The van der Waals surface area contributed by atoms with Gasteiger partial charge in [-0.05, 0) is 49.2 Å². The van der Waals surface area contributed by atoms with Gasteiger partial charge in [0.25, 0.3) is 10.0 Å². The monoisotopic (exact) mass is 479 g/mol. The summed E-state index contributed by atoms with van der Waals surface area (Å²) < 4.78 is 43.0. The molecular weight excluding hydrogens is 457 g/mol. The Morgan fingerprint density at radius 1 is 1.09 bits per heavy atom. The van der Waals surface area contributed by atoms with Crippen LogP contribution in [0, 0.1) is 5.82 Å².